The minimum absolute atomic E-state index is 0.255. The lowest BCUT2D eigenvalue weighted by molar-refractivity contribution is -0.132. The number of likely N-dealkylation sites (tertiary alicyclic amines) is 1. The molecule has 1 fully saturated rings. The second-order valence-corrected chi connectivity index (χ2v) is 4.98. The third kappa shape index (κ3) is 3.76. The molecule has 1 N–H and O–H groups in total. The molecule has 1 amide bonds. The summed E-state index contributed by atoms with van der Waals surface area (Å²) < 4.78 is 5.21. The molecule has 4 nitrogen and oxygen atoms in total. The molecule has 94 valence electrons. The summed E-state index contributed by atoms with van der Waals surface area (Å²) in [7, 11) is 3.60. The van der Waals surface area contributed by atoms with E-state index in [1.165, 1.54) is 0 Å². The number of rotatable bonds is 5. The van der Waals surface area contributed by atoms with Crippen LogP contribution < -0.4 is 5.32 Å². The van der Waals surface area contributed by atoms with Gasteiger partial charge < -0.3 is 15.0 Å². The zero-order valence-corrected chi connectivity index (χ0v) is 10.8. The maximum absolute atomic E-state index is 11.4. The molecule has 0 saturated carbocycles. The van der Waals surface area contributed by atoms with Gasteiger partial charge in [0, 0.05) is 39.2 Å². The van der Waals surface area contributed by atoms with E-state index >= 15 is 0 Å². The minimum Gasteiger partial charge on any atom is -0.383 e. The Balaban J connectivity index is 2.43. The van der Waals surface area contributed by atoms with Crippen LogP contribution in [0.2, 0.25) is 0 Å². The second kappa shape index (κ2) is 6.21. The fourth-order valence-corrected chi connectivity index (χ4v) is 2.06. The highest BCUT2D eigenvalue weighted by Gasteiger charge is 2.25. The summed E-state index contributed by atoms with van der Waals surface area (Å²) in [4.78, 5) is 13.2. The number of nitrogens with one attached hydrogen (secondary N) is 1. The third-order valence-electron chi connectivity index (χ3n) is 3.23. The average molecular weight is 228 g/mol. The fraction of sp³-hybridized carbons (Fsp3) is 0.917. The molecule has 16 heavy (non-hydrogen) atoms. The molecule has 1 heterocycles. The molecule has 1 aliphatic heterocycles. The van der Waals surface area contributed by atoms with Crippen LogP contribution in [0.3, 0.4) is 0 Å². The van der Waals surface area contributed by atoms with E-state index in [1.54, 1.807) is 7.11 Å². The minimum atomic E-state index is 0.255. The molecular weight excluding hydrogens is 204 g/mol. The summed E-state index contributed by atoms with van der Waals surface area (Å²) in [5.41, 5.74) is 0. The van der Waals surface area contributed by atoms with Gasteiger partial charge in [0.15, 0.2) is 0 Å². The fourth-order valence-electron chi connectivity index (χ4n) is 2.06. The molecule has 0 radical (unpaired) electrons. The normalized spacial score (nSPS) is 23.9. The van der Waals surface area contributed by atoms with Crippen molar-refractivity contribution in [2.24, 2.45) is 5.92 Å². The summed E-state index contributed by atoms with van der Waals surface area (Å²) in [5, 5.41) is 3.59. The van der Waals surface area contributed by atoms with Gasteiger partial charge in [0.25, 0.3) is 0 Å². The molecule has 0 aliphatic carbocycles. The Morgan fingerprint density at radius 3 is 2.75 bits per heavy atom. The van der Waals surface area contributed by atoms with E-state index in [9.17, 15) is 4.79 Å². The summed E-state index contributed by atoms with van der Waals surface area (Å²) in [6, 6.07) is 0.779. The number of hydrogen-bond acceptors (Lipinski definition) is 3. The summed E-state index contributed by atoms with van der Waals surface area (Å²) in [6.45, 7) is 5.92. The third-order valence-corrected chi connectivity index (χ3v) is 3.23. The second-order valence-electron chi connectivity index (χ2n) is 4.98. The zero-order valence-electron chi connectivity index (χ0n) is 10.8. The first-order valence-corrected chi connectivity index (χ1v) is 6.03. The van der Waals surface area contributed by atoms with Gasteiger partial charge in [-0.2, -0.15) is 0 Å². The molecule has 1 rings (SSSR count). The monoisotopic (exact) mass is 228 g/mol. The van der Waals surface area contributed by atoms with Gasteiger partial charge in [-0.05, 0) is 12.3 Å². The van der Waals surface area contributed by atoms with Crippen LogP contribution in [0.5, 0.6) is 0 Å². The quantitative estimate of drug-likeness (QED) is 0.759. The van der Waals surface area contributed by atoms with Crippen LogP contribution in [-0.4, -0.2) is 50.2 Å². The number of carbonyl (C=O) groups excluding carboxylic acids is 1. The van der Waals surface area contributed by atoms with Crippen LogP contribution >= 0.6 is 0 Å². The van der Waals surface area contributed by atoms with Crippen molar-refractivity contribution in [3.05, 3.63) is 0 Å². The van der Waals surface area contributed by atoms with E-state index in [0.29, 0.717) is 24.4 Å². The van der Waals surface area contributed by atoms with Crippen LogP contribution in [-0.2, 0) is 9.53 Å². The van der Waals surface area contributed by atoms with E-state index < -0.39 is 0 Å². The van der Waals surface area contributed by atoms with Crippen molar-refractivity contribution >= 4 is 5.91 Å². The molecule has 4 heteroatoms. The van der Waals surface area contributed by atoms with Crippen LogP contribution in [0.15, 0.2) is 0 Å². The number of piperidine rings is 1. The van der Waals surface area contributed by atoms with Gasteiger partial charge in [-0.15, -0.1) is 0 Å². The van der Waals surface area contributed by atoms with E-state index in [4.69, 9.17) is 4.74 Å². The van der Waals surface area contributed by atoms with E-state index in [-0.39, 0.29) is 5.91 Å². The van der Waals surface area contributed by atoms with Crippen molar-refractivity contribution in [1.29, 1.82) is 0 Å². The molecule has 0 bridgehead atoms. The van der Waals surface area contributed by atoms with Crippen molar-refractivity contribution in [3.63, 3.8) is 0 Å². The van der Waals surface area contributed by atoms with Crippen LogP contribution in [0.25, 0.3) is 0 Å². The predicted molar refractivity (Wildman–Crippen MR) is 64.3 cm³/mol. The molecule has 0 aromatic carbocycles. The molecule has 2 unspecified atom stereocenters. The summed E-state index contributed by atoms with van der Waals surface area (Å²) in [6.07, 6.45) is 1.60. The van der Waals surface area contributed by atoms with Crippen molar-refractivity contribution in [2.75, 3.05) is 27.3 Å². The first-order chi connectivity index (χ1) is 7.54. The Morgan fingerprint density at radius 2 is 2.25 bits per heavy atom. The summed E-state index contributed by atoms with van der Waals surface area (Å²) >= 11 is 0. The van der Waals surface area contributed by atoms with Gasteiger partial charge >= 0.3 is 0 Å². The molecule has 2 atom stereocenters. The highest BCUT2D eigenvalue weighted by atomic mass is 16.5. The smallest absolute Gasteiger partial charge is 0.222 e. The van der Waals surface area contributed by atoms with Crippen molar-refractivity contribution in [3.8, 4) is 0 Å². The number of methoxy groups -OCH3 is 1. The lowest BCUT2D eigenvalue weighted by Crippen LogP contribution is -2.52. The Labute approximate surface area is 98.3 Å². The van der Waals surface area contributed by atoms with Gasteiger partial charge in [0.1, 0.15) is 0 Å². The SMILES string of the molecule is COCC(NC1CCC(=O)N(C)C1)C(C)C. The molecule has 0 aromatic heterocycles. The standard InChI is InChI=1S/C12H24N2O2/c1-9(2)11(8-16-4)13-10-5-6-12(15)14(3)7-10/h9-11,13H,5-8H2,1-4H3. The average Bonchev–Trinajstić information content (AvgIpc) is 2.22. The molecule has 0 spiro atoms. The predicted octanol–water partition coefficient (Wildman–Crippen LogP) is 0.868. The Hall–Kier alpha value is -0.610. The maximum atomic E-state index is 11.4. The van der Waals surface area contributed by atoms with E-state index in [0.717, 1.165) is 19.6 Å². The number of nitrogens with zero attached hydrogens (tertiary/aromatic N) is 1. The van der Waals surface area contributed by atoms with Crippen molar-refractivity contribution in [1.82, 2.24) is 10.2 Å². The summed E-state index contributed by atoms with van der Waals surface area (Å²) in [5.74, 6) is 0.800. The number of carbonyl (C=O) groups is 1. The topological polar surface area (TPSA) is 41.6 Å². The molecular formula is C12H24N2O2. The number of hydrogen-bond donors (Lipinski definition) is 1. The number of amides is 1. The number of ether oxygens (including phenoxy) is 1. The van der Waals surface area contributed by atoms with E-state index in [2.05, 4.69) is 19.2 Å². The van der Waals surface area contributed by atoms with Crippen molar-refractivity contribution < 1.29 is 9.53 Å². The van der Waals surface area contributed by atoms with Gasteiger partial charge in [0.2, 0.25) is 5.91 Å². The van der Waals surface area contributed by atoms with Gasteiger partial charge in [-0.1, -0.05) is 13.8 Å². The van der Waals surface area contributed by atoms with Gasteiger partial charge in [-0.3, -0.25) is 4.79 Å². The van der Waals surface area contributed by atoms with Crippen molar-refractivity contribution in [2.45, 2.75) is 38.8 Å². The van der Waals surface area contributed by atoms with E-state index in [1.807, 2.05) is 11.9 Å². The molecule has 1 saturated heterocycles. The van der Waals surface area contributed by atoms with Gasteiger partial charge in [0.05, 0.1) is 6.61 Å². The highest BCUT2D eigenvalue weighted by Crippen LogP contribution is 2.12. The lowest BCUT2D eigenvalue weighted by atomic mass is 10.00. The Kier molecular flexibility index (Phi) is 5.22. The number of likely N-dealkylation sites (N-methyl/N-ethyl adjacent to an activating group) is 1. The lowest BCUT2D eigenvalue weighted by Gasteiger charge is -2.34. The van der Waals surface area contributed by atoms with Gasteiger partial charge in [-0.25, -0.2) is 0 Å². The van der Waals surface area contributed by atoms with Crippen LogP contribution in [0.1, 0.15) is 26.7 Å². The van der Waals surface area contributed by atoms with Crippen LogP contribution in [0, 0.1) is 5.92 Å². The maximum Gasteiger partial charge on any atom is 0.222 e. The molecule has 0 aromatic rings. The first kappa shape index (κ1) is 13.5. The van der Waals surface area contributed by atoms with Crippen LogP contribution in [0.4, 0.5) is 0 Å². The Morgan fingerprint density at radius 1 is 1.56 bits per heavy atom. The Bertz CT molecular complexity index is 231. The zero-order chi connectivity index (χ0) is 12.1. The molecule has 1 aliphatic rings. The largest absolute Gasteiger partial charge is 0.383 e. The first-order valence-electron chi connectivity index (χ1n) is 6.03. The highest BCUT2D eigenvalue weighted by molar-refractivity contribution is 5.76.